The number of carboxylic acid groups (broad SMARTS) is 1. The quantitative estimate of drug-likeness (QED) is 0.727. The molecule has 118 valence electrons. The van der Waals surface area contributed by atoms with Gasteiger partial charge < -0.3 is 10.2 Å². The predicted molar refractivity (Wildman–Crippen MR) is 69.4 cm³/mol. The van der Waals surface area contributed by atoms with E-state index in [4.69, 9.17) is 5.11 Å². The maximum Gasteiger partial charge on any atom is 0.341 e. The van der Waals surface area contributed by atoms with Crippen LogP contribution in [-0.2, 0) is 10.0 Å². The van der Waals surface area contributed by atoms with Gasteiger partial charge in [0.2, 0.25) is 10.0 Å². The Balaban J connectivity index is 3.22. The van der Waals surface area contributed by atoms with Crippen LogP contribution >= 0.6 is 0 Å². The first-order valence-electron chi connectivity index (χ1n) is 5.95. The molecule has 3 N–H and O–H groups in total. The van der Waals surface area contributed by atoms with Crippen molar-refractivity contribution >= 4 is 16.0 Å². The van der Waals surface area contributed by atoms with Crippen molar-refractivity contribution in [2.24, 2.45) is 0 Å². The van der Waals surface area contributed by atoms with Crippen LogP contribution in [0.2, 0.25) is 0 Å². The van der Waals surface area contributed by atoms with Crippen LogP contribution in [0.4, 0.5) is 8.78 Å². The van der Waals surface area contributed by atoms with Gasteiger partial charge in [-0.15, -0.1) is 0 Å². The molecule has 9 heteroatoms. The standard InChI is InChI=1S/C12H15F2NO5S/c1-3-12(2,18)6-15-21(19,20)8-5-4-7(13)9(10(8)14)11(16)17/h4-5,15,18H,3,6H2,1-2H3,(H,16,17). The fourth-order valence-electron chi connectivity index (χ4n) is 1.39. The predicted octanol–water partition coefficient (Wildman–Crippen LogP) is 1.10. The van der Waals surface area contributed by atoms with E-state index in [-0.39, 0.29) is 6.42 Å². The summed E-state index contributed by atoms with van der Waals surface area (Å²) < 4.78 is 52.9. The van der Waals surface area contributed by atoms with E-state index in [1.54, 1.807) is 6.92 Å². The van der Waals surface area contributed by atoms with Crippen LogP contribution in [0.1, 0.15) is 30.6 Å². The third-order valence-electron chi connectivity index (χ3n) is 2.96. The van der Waals surface area contributed by atoms with Crippen molar-refractivity contribution in [3.8, 4) is 0 Å². The summed E-state index contributed by atoms with van der Waals surface area (Å²) in [6, 6.07) is 1.18. The normalized spacial score (nSPS) is 14.7. The van der Waals surface area contributed by atoms with E-state index in [1.807, 2.05) is 4.72 Å². The van der Waals surface area contributed by atoms with E-state index >= 15 is 0 Å². The van der Waals surface area contributed by atoms with E-state index in [9.17, 15) is 27.1 Å². The van der Waals surface area contributed by atoms with Gasteiger partial charge in [0.05, 0.1) is 5.60 Å². The highest BCUT2D eigenvalue weighted by atomic mass is 32.2. The second-order valence-electron chi connectivity index (χ2n) is 4.71. The number of hydrogen-bond acceptors (Lipinski definition) is 4. The Morgan fingerprint density at radius 1 is 1.38 bits per heavy atom. The number of aromatic carboxylic acids is 1. The van der Waals surface area contributed by atoms with Crippen molar-refractivity contribution < 1.29 is 32.2 Å². The number of rotatable bonds is 6. The molecule has 0 fully saturated rings. The molecule has 0 amide bonds. The fourth-order valence-corrected chi connectivity index (χ4v) is 2.63. The van der Waals surface area contributed by atoms with Gasteiger partial charge in [-0.1, -0.05) is 6.92 Å². The molecule has 0 bridgehead atoms. The van der Waals surface area contributed by atoms with Gasteiger partial charge in [-0.25, -0.2) is 26.7 Å². The first kappa shape index (κ1) is 17.5. The molecule has 0 aliphatic carbocycles. The highest BCUT2D eigenvalue weighted by molar-refractivity contribution is 7.89. The molecule has 0 radical (unpaired) electrons. The van der Waals surface area contributed by atoms with Crippen LogP contribution in [0.25, 0.3) is 0 Å². The molecule has 0 aromatic heterocycles. The van der Waals surface area contributed by atoms with Gasteiger partial charge >= 0.3 is 5.97 Å². The first-order valence-corrected chi connectivity index (χ1v) is 7.43. The van der Waals surface area contributed by atoms with Crippen molar-refractivity contribution in [1.82, 2.24) is 4.72 Å². The number of benzene rings is 1. The zero-order chi connectivity index (χ0) is 16.4. The van der Waals surface area contributed by atoms with Crippen molar-refractivity contribution in [3.05, 3.63) is 29.3 Å². The van der Waals surface area contributed by atoms with Crippen LogP contribution in [-0.4, -0.2) is 36.7 Å². The average molecular weight is 323 g/mol. The molecule has 0 heterocycles. The molecule has 1 unspecified atom stereocenters. The Bertz CT molecular complexity index is 658. The molecular formula is C12H15F2NO5S. The number of aliphatic hydroxyl groups is 1. The van der Waals surface area contributed by atoms with E-state index in [1.165, 1.54) is 6.92 Å². The zero-order valence-corrected chi connectivity index (χ0v) is 12.2. The van der Waals surface area contributed by atoms with E-state index in [0.717, 1.165) is 0 Å². The Morgan fingerprint density at radius 3 is 2.43 bits per heavy atom. The molecular weight excluding hydrogens is 308 g/mol. The number of hydrogen-bond donors (Lipinski definition) is 3. The molecule has 21 heavy (non-hydrogen) atoms. The van der Waals surface area contributed by atoms with Gasteiger partial charge in [0, 0.05) is 6.54 Å². The maximum atomic E-state index is 13.9. The molecule has 0 aliphatic heterocycles. The highest BCUT2D eigenvalue weighted by Crippen LogP contribution is 2.21. The Morgan fingerprint density at radius 2 is 1.95 bits per heavy atom. The molecule has 6 nitrogen and oxygen atoms in total. The molecule has 0 aliphatic rings. The van der Waals surface area contributed by atoms with Crippen LogP contribution in [0, 0.1) is 11.6 Å². The molecule has 0 saturated carbocycles. The van der Waals surface area contributed by atoms with Gasteiger partial charge in [-0.3, -0.25) is 0 Å². The lowest BCUT2D eigenvalue weighted by molar-refractivity contribution is 0.0612. The smallest absolute Gasteiger partial charge is 0.341 e. The van der Waals surface area contributed by atoms with Crippen molar-refractivity contribution in [1.29, 1.82) is 0 Å². The molecule has 1 aromatic rings. The van der Waals surface area contributed by atoms with Crippen LogP contribution in [0.3, 0.4) is 0 Å². The summed E-state index contributed by atoms with van der Waals surface area (Å²) in [5.74, 6) is -4.98. The van der Waals surface area contributed by atoms with Gasteiger partial charge in [-0.2, -0.15) is 0 Å². The number of nitrogens with one attached hydrogen (secondary N) is 1. The van der Waals surface area contributed by atoms with Gasteiger partial charge in [0.25, 0.3) is 0 Å². The minimum Gasteiger partial charge on any atom is -0.477 e. The summed E-state index contributed by atoms with van der Waals surface area (Å²) in [6.45, 7) is 2.60. The topological polar surface area (TPSA) is 104 Å². The maximum absolute atomic E-state index is 13.9. The van der Waals surface area contributed by atoms with E-state index in [0.29, 0.717) is 12.1 Å². The summed E-state index contributed by atoms with van der Waals surface area (Å²) in [4.78, 5) is 9.76. The third kappa shape index (κ3) is 3.96. The monoisotopic (exact) mass is 323 g/mol. The molecule has 1 rings (SSSR count). The highest BCUT2D eigenvalue weighted by Gasteiger charge is 2.28. The van der Waals surface area contributed by atoms with Crippen LogP contribution < -0.4 is 4.72 Å². The Hall–Kier alpha value is -1.58. The minimum absolute atomic E-state index is 0.238. The summed E-state index contributed by atoms with van der Waals surface area (Å²) >= 11 is 0. The number of halogens is 2. The van der Waals surface area contributed by atoms with Crippen LogP contribution in [0.5, 0.6) is 0 Å². The summed E-state index contributed by atoms with van der Waals surface area (Å²) in [7, 11) is -4.42. The summed E-state index contributed by atoms with van der Waals surface area (Å²) in [5.41, 5.74) is -2.70. The number of carboxylic acids is 1. The van der Waals surface area contributed by atoms with Crippen LogP contribution in [0.15, 0.2) is 17.0 Å². The number of carbonyl (C=O) groups is 1. The first-order chi connectivity index (χ1) is 9.52. The molecule has 1 atom stereocenters. The van der Waals surface area contributed by atoms with E-state index in [2.05, 4.69) is 0 Å². The van der Waals surface area contributed by atoms with Gasteiger partial charge in [0.1, 0.15) is 16.3 Å². The lowest BCUT2D eigenvalue weighted by atomic mass is 10.1. The van der Waals surface area contributed by atoms with Crippen molar-refractivity contribution in [2.75, 3.05) is 6.54 Å². The second-order valence-corrected chi connectivity index (χ2v) is 6.45. The largest absolute Gasteiger partial charge is 0.477 e. The fraction of sp³-hybridized carbons (Fsp3) is 0.417. The van der Waals surface area contributed by atoms with Gasteiger partial charge in [0.15, 0.2) is 5.82 Å². The van der Waals surface area contributed by atoms with E-state index < -0.39 is 50.2 Å². The lowest BCUT2D eigenvalue weighted by Crippen LogP contribution is -2.40. The molecule has 0 spiro atoms. The van der Waals surface area contributed by atoms with Crippen molar-refractivity contribution in [2.45, 2.75) is 30.8 Å². The lowest BCUT2D eigenvalue weighted by Gasteiger charge is -2.21. The SMILES string of the molecule is CCC(C)(O)CNS(=O)(=O)c1ccc(F)c(C(=O)O)c1F. The average Bonchev–Trinajstić information content (AvgIpc) is 2.36. The minimum atomic E-state index is -4.42. The zero-order valence-electron chi connectivity index (χ0n) is 11.4. The van der Waals surface area contributed by atoms with Crippen molar-refractivity contribution in [3.63, 3.8) is 0 Å². The Labute approximate surface area is 120 Å². The summed E-state index contributed by atoms with van der Waals surface area (Å²) in [6.07, 6.45) is 0.238. The number of sulfonamides is 1. The molecule has 1 aromatic carbocycles. The third-order valence-corrected chi connectivity index (χ3v) is 4.38. The molecule has 0 saturated heterocycles. The summed E-state index contributed by atoms with van der Waals surface area (Å²) in [5, 5.41) is 18.4. The second kappa shape index (κ2) is 6.04. The Kier molecular flexibility index (Phi) is 5.03. The van der Waals surface area contributed by atoms with Gasteiger partial charge in [-0.05, 0) is 25.5 Å².